The van der Waals surface area contributed by atoms with Crippen LogP contribution in [-0.2, 0) is 20.8 Å². The first kappa shape index (κ1) is 19.2. The van der Waals surface area contributed by atoms with Crippen LogP contribution in [0.2, 0.25) is 0 Å². The topological polar surface area (TPSA) is 150 Å². The molecule has 2 unspecified atom stereocenters. The Labute approximate surface area is 160 Å². The van der Waals surface area contributed by atoms with Gasteiger partial charge in [-0.15, -0.1) is 11.8 Å². The van der Waals surface area contributed by atoms with Crippen LogP contribution >= 0.6 is 11.8 Å². The summed E-state index contributed by atoms with van der Waals surface area (Å²) in [6.45, 7) is 1.56. The second kappa shape index (κ2) is 8.42. The van der Waals surface area contributed by atoms with Crippen molar-refractivity contribution in [3.63, 3.8) is 0 Å². The molecular formula is C16H21N6O4S. The fourth-order valence-electron chi connectivity index (χ4n) is 3.10. The van der Waals surface area contributed by atoms with Gasteiger partial charge in [-0.3, -0.25) is 19.3 Å². The van der Waals surface area contributed by atoms with Crippen LogP contribution in [0.4, 0.5) is 4.79 Å². The van der Waals surface area contributed by atoms with E-state index in [0.29, 0.717) is 30.7 Å². The van der Waals surface area contributed by atoms with Gasteiger partial charge in [0.05, 0.1) is 18.9 Å². The number of nitrogens with two attached hydrogens (primary N) is 1. The minimum atomic E-state index is -0.886. The first-order valence-electron chi connectivity index (χ1n) is 8.59. The largest absolute Gasteiger partial charge is 0.351 e. The molecule has 2 saturated heterocycles. The van der Waals surface area contributed by atoms with E-state index in [9.17, 15) is 19.2 Å². The molecule has 0 spiro atoms. The number of imidazole rings is 1. The minimum absolute atomic E-state index is 0.182. The van der Waals surface area contributed by atoms with Crippen molar-refractivity contribution in [3.8, 4) is 0 Å². The van der Waals surface area contributed by atoms with Crippen LogP contribution in [0, 0.1) is 6.54 Å². The number of aromatic amines is 1. The van der Waals surface area contributed by atoms with E-state index in [1.165, 1.54) is 23.0 Å². The van der Waals surface area contributed by atoms with E-state index < -0.39 is 29.4 Å². The molecule has 10 nitrogen and oxygen atoms in total. The number of thioether (sulfide) groups is 1. The van der Waals surface area contributed by atoms with Gasteiger partial charge in [-0.2, -0.15) is 0 Å². The van der Waals surface area contributed by atoms with Crippen molar-refractivity contribution < 1.29 is 19.2 Å². The summed E-state index contributed by atoms with van der Waals surface area (Å²) in [4.78, 5) is 56.7. The molecule has 3 heterocycles. The standard InChI is InChI=1S/C16H21N6O4S/c17-16(26)22-4-5-27-15(22)13(24)11(6-9-7-18-8-19-9)21-14(25)10-2-1-3-12(23)20-10/h4,7-8,10-11,15H,1-3,5-6H2,(H2,17,26)(H,18,19)(H,20,23)(H,21,25)/t10?,11-,15?/m1/s1. The summed E-state index contributed by atoms with van der Waals surface area (Å²) in [7, 11) is 0. The highest BCUT2D eigenvalue weighted by Gasteiger charge is 2.39. The number of urea groups is 1. The average Bonchev–Trinajstić information content (AvgIpc) is 3.32. The van der Waals surface area contributed by atoms with Gasteiger partial charge in [0.1, 0.15) is 11.4 Å². The number of H-pyrrole nitrogens is 1. The maximum absolute atomic E-state index is 13.0. The fourth-order valence-corrected chi connectivity index (χ4v) is 4.21. The Balaban J connectivity index is 1.74. The summed E-state index contributed by atoms with van der Waals surface area (Å²) in [5, 5.41) is 4.57. The molecular weight excluding hydrogens is 372 g/mol. The molecule has 2 fully saturated rings. The Kier molecular flexibility index (Phi) is 5.99. The normalized spacial score (nSPS) is 23.6. The Hall–Kier alpha value is -2.56. The number of hydrogen-bond donors (Lipinski definition) is 4. The number of rotatable bonds is 6. The van der Waals surface area contributed by atoms with Gasteiger partial charge in [0.25, 0.3) is 0 Å². The SMILES string of the molecule is NC(=O)N1[CH]CSC1C(=O)[C@@H](Cc1cnc[nH]1)NC(=O)C1CCCC(=O)N1. The number of nitrogens with one attached hydrogen (secondary N) is 3. The molecule has 4 amide bonds. The lowest BCUT2D eigenvalue weighted by atomic mass is 10.0. The number of carbonyl (C=O) groups excluding carboxylic acids is 4. The summed E-state index contributed by atoms with van der Waals surface area (Å²) in [5.74, 6) is -0.460. The van der Waals surface area contributed by atoms with Crippen molar-refractivity contribution in [2.24, 2.45) is 5.73 Å². The molecule has 0 aliphatic carbocycles. The van der Waals surface area contributed by atoms with Gasteiger partial charge in [-0.1, -0.05) is 0 Å². The Morgan fingerprint density at radius 3 is 2.93 bits per heavy atom. The lowest BCUT2D eigenvalue weighted by molar-refractivity contribution is -0.133. The van der Waals surface area contributed by atoms with E-state index >= 15 is 0 Å². The highest BCUT2D eigenvalue weighted by molar-refractivity contribution is 8.00. The fraction of sp³-hybridized carbons (Fsp3) is 0.500. The lowest BCUT2D eigenvalue weighted by Gasteiger charge is -2.28. The van der Waals surface area contributed by atoms with E-state index in [1.54, 1.807) is 12.7 Å². The van der Waals surface area contributed by atoms with Gasteiger partial charge in [-0.05, 0) is 12.8 Å². The van der Waals surface area contributed by atoms with Crippen molar-refractivity contribution in [2.45, 2.75) is 43.1 Å². The Bertz CT molecular complexity index is 725. The van der Waals surface area contributed by atoms with Crippen LogP contribution in [0.25, 0.3) is 0 Å². The zero-order valence-electron chi connectivity index (χ0n) is 14.5. The molecule has 0 aromatic carbocycles. The summed E-state index contributed by atoms with van der Waals surface area (Å²) < 4.78 is 0. The molecule has 27 heavy (non-hydrogen) atoms. The highest BCUT2D eigenvalue weighted by Crippen LogP contribution is 2.28. The lowest BCUT2D eigenvalue weighted by Crippen LogP contribution is -2.56. The first-order chi connectivity index (χ1) is 13.0. The van der Waals surface area contributed by atoms with E-state index in [-0.39, 0.29) is 18.1 Å². The highest BCUT2D eigenvalue weighted by atomic mass is 32.2. The van der Waals surface area contributed by atoms with Crippen LogP contribution in [0.15, 0.2) is 12.5 Å². The number of nitrogens with zero attached hydrogens (tertiary/aromatic N) is 2. The Morgan fingerprint density at radius 1 is 1.44 bits per heavy atom. The molecule has 1 aromatic heterocycles. The van der Waals surface area contributed by atoms with Gasteiger partial charge >= 0.3 is 6.03 Å². The van der Waals surface area contributed by atoms with Crippen LogP contribution in [0.3, 0.4) is 0 Å². The van der Waals surface area contributed by atoms with Gasteiger partial charge in [0.15, 0.2) is 5.78 Å². The van der Waals surface area contributed by atoms with Crippen LogP contribution < -0.4 is 16.4 Å². The number of hydrogen-bond acceptors (Lipinski definition) is 6. The molecule has 5 N–H and O–H groups in total. The molecule has 1 aromatic rings. The number of ketones is 1. The molecule has 11 heteroatoms. The maximum atomic E-state index is 13.0. The maximum Gasteiger partial charge on any atom is 0.316 e. The number of primary amides is 1. The molecule has 1 radical (unpaired) electrons. The van der Waals surface area contributed by atoms with Crippen molar-refractivity contribution in [1.82, 2.24) is 25.5 Å². The molecule has 145 valence electrons. The molecule has 2 aliphatic rings. The van der Waals surface area contributed by atoms with Crippen molar-refractivity contribution in [2.75, 3.05) is 5.75 Å². The van der Waals surface area contributed by atoms with Crippen LogP contribution in [-0.4, -0.2) is 61.7 Å². The number of amides is 4. The molecule has 3 rings (SSSR count). The number of Topliss-reactive ketones (excluding diaryl/α,β-unsaturated/α-hetero) is 1. The average molecular weight is 393 g/mol. The van der Waals surface area contributed by atoms with E-state index in [2.05, 4.69) is 20.6 Å². The van der Waals surface area contributed by atoms with E-state index in [0.717, 1.165) is 0 Å². The van der Waals surface area contributed by atoms with E-state index in [1.807, 2.05) is 0 Å². The second-order valence-corrected chi connectivity index (χ2v) is 7.48. The minimum Gasteiger partial charge on any atom is -0.351 e. The first-order valence-corrected chi connectivity index (χ1v) is 9.64. The third-order valence-corrected chi connectivity index (χ3v) is 5.58. The zero-order chi connectivity index (χ0) is 19.4. The predicted molar refractivity (Wildman–Crippen MR) is 97.0 cm³/mol. The number of piperidine rings is 1. The summed E-state index contributed by atoms with van der Waals surface area (Å²) in [6, 6.07) is -2.27. The van der Waals surface area contributed by atoms with Crippen LogP contribution in [0.1, 0.15) is 25.0 Å². The second-order valence-electron chi connectivity index (χ2n) is 6.37. The quantitative estimate of drug-likeness (QED) is 0.501. The van der Waals surface area contributed by atoms with Crippen molar-refractivity contribution in [3.05, 3.63) is 24.8 Å². The number of aromatic nitrogens is 2. The van der Waals surface area contributed by atoms with Gasteiger partial charge in [0, 0.05) is 30.5 Å². The third-order valence-electron chi connectivity index (χ3n) is 4.46. The monoisotopic (exact) mass is 393 g/mol. The van der Waals surface area contributed by atoms with Crippen molar-refractivity contribution in [1.29, 1.82) is 0 Å². The van der Waals surface area contributed by atoms with Gasteiger partial charge in [-0.25, -0.2) is 9.78 Å². The van der Waals surface area contributed by atoms with Crippen molar-refractivity contribution >= 4 is 35.4 Å². The Morgan fingerprint density at radius 2 is 2.26 bits per heavy atom. The van der Waals surface area contributed by atoms with E-state index in [4.69, 9.17) is 5.73 Å². The summed E-state index contributed by atoms with van der Waals surface area (Å²) in [5.41, 5.74) is 6.00. The summed E-state index contributed by atoms with van der Waals surface area (Å²) >= 11 is 1.26. The molecule has 3 atom stereocenters. The smallest absolute Gasteiger partial charge is 0.316 e. The van der Waals surface area contributed by atoms with Crippen LogP contribution in [0.5, 0.6) is 0 Å². The predicted octanol–water partition coefficient (Wildman–Crippen LogP) is -0.710. The summed E-state index contributed by atoms with van der Waals surface area (Å²) in [6.07, 6.45) is 4.76. The van der Waals surface area contributed by atoms with Gasteiger partial charge < -0.3 is 21.4 Å². The molecule has 0 bridgehead atoms. The van der Waals surface area contributed by atoms with Gasteiger partial charge in [0.2, 0.25) is 11.8 Å². The number of carbonyl (C=O) groups is 4. The third kappa shape index (κ3) is 4.59. The molecule has 0 saturated carbocycles. The molecule has 2 aliphatic heterocycles. The zero-order valence-corrected chi connectivity index (χ0v) is 15.3.